The fourth-order valence-electron chi connectivity index (χ4n) is 1.87. The first-order valence-electron chi connectivity index (χ1n) is 6.08. The van der Waals surface area contributed by atoms with E-state index in [0.717, 1.165) is 11.1 Å². The van der Waals surface area contributed by atoms with Crippen LogP contribution in [-0.2, 0) is 0 Å². The third-order valence-corrected chi connectivity index (χ3v) is 2.99. The number of carbonyl (C=O) groups excluding carboxylic acids is 1. The first-order valence-corrected chi connectivity index (χ1v) is 6.08. The van der Waals surface area contributed by atoms with Gasteiger partial charge in [0, 0.05) is 19.7 Å². The van der Waals surface area contributed by atoms with Crippen LogP contribution in [0.2, 0.25) is 0 Å². The number of carbonyl (C=O) groups is 1. The highest BCUT2D eigenvalue weighted by atomic mass is 16.3. The van der Waals surface area contributed by atoms with Crippen LogP contribution in [0.5, 0.6) is 5.75 Å². The monoisotopic (exact) mass is 266 g/mol. The van der Waals surface area contributed by atoms with Crippen molar-refractivity contribution in [2.24, 2.45) is 0 Å². The number of nitriles is 1. The molecule has 0 fully saturated rings. The van der Waals surface area contributed by atoms with Gasteiger partial charge in [-0.15, -0.1) is 0 Å². The Kier molecular flexibility index (Phi) is 3.72. The van der Waals surface area contributed by atoms with E-state index in [2.05, 4.69) is 0 Å². The highest BCUT2D eigenvalue weighted by Crippen LogP contribution is 2.26. The zero-order chi connectivity index (χ0) is 14.7. The van der Waals surface area contributed by atoms with Crippen LogP contribution >= 0.6 is 0 Å². The van der Waals surface area contributed by atoms with Crippen LogP contribution in [0, 0.1) is 11.3 Å². The van der Waals surface area contributed by atoms with Gasteiger partial charge < -0.3 is 10.0 Å². The predicted octanol–water partition coefficient (Wildman–Crippen LogP) is 2.63. The van der Waals surface area contributed by atoms with Crippen LogP contribution in [0.3, 0.4) is 0 Å². The summed E-state index contributed by atoms with van der Waals surface area (Å²) < 4.78 is 0. The van der Waals surface area contributed by atoms with Crippen LogP contribution in [-0.4, -0.2) is 30.0 Å². The number of phenols is 1. The molecule has 100 valence electrons. The Morgan fingerprint density at radius 3 is 2.20 bits per heavy atom. The number of hydrogen-bond donors (Lipinski definition) is 1. The van der Waals surface area contributed by atoms with Crippen LogP contribution in [0.25, 0.3) is 11.1 Å². The second-order valence-electron chi connectivity index (χ2n) is 4.62. The Balaban J connectivity index is 2.33. The molecule has 0 aliphatic carbocycles. The Bertz CT molecular complexity index is 683. The van der Waals surface area contributed by atoms with E-state index in [1.807, 2.05) is 18.2 Å². The first-order chi connectivity index (χ1) is 9.52. The lowest BCUT2D eigenvalue weighted by Crippen LogP contribution is -2.21. The van der Waals surface area contributed by atoms with Crippen molar-refractivity contribution in [3.05, 3.63) is 53.6 Å². The maximum absolute atomic E-state index is 11.8. The molecule has 0 aliphatic heterocycles. The highest BCUT2D eigenvalue weighted by Gasteiger charge is 2.08. The van der Waals surface area contributed by atoms with Gasteiger partial charge in [0.2, 0.25) is 0 Å². The Hall–Kier alpha value is -2.80. The SMILES string of the molecule is CN(C)C(=O)c1ccc(-c2ccc(C#N)c(O)c2)cc1. The molecular formula is C16H14N2O2. The van der Waals surface area contributed by atoms with E-state index in [4.69, 9.17) is 5.26 Å². The fraction of sp³-hybridized carbons (Fsp3) is 0.125. The molecule has 2 aromatic rings. The molecule has 0 atom stereocenters. The summed E-state index contributed by atoms with van der Waals surface area (Å²) in [7, 11) is 3.41. The van der Waals surface area contributed by atoms with E-state index in [0.29, 0.717) is 5.56 Å². The lowest BCUT2D eigenvalue weighted by Gasteiger charge is -2.10. The van der Waals surface area contributed by atoms with Crippen LogP contribution in [0.15, 0.2) is 42.5 Å². The number of amides is 1. The summed E-state index contributed by atoms with van der Waals surface area (Å²) in [5.74, 6) is -0.0994. The molecule has 2 rings (SSSR count). The van der Waals surface area contributed by atoms with Gasteiger partial charge in [-0.2, -0.15) is 5.26 Å². The van der Waals surface area contributed by atoms with Gasteiger partial charge in [0.25, 0.3) is 5.91 Å². The van der Waals surface area contributed by atoms with E-state index in [1.165, 1.54) is 4.90 Å². The molecule has 4 nitrogen and oxygen atoms in total. The zero-order valence-corrected chi connectivity index (χ0v) is 11.3. The molecule has 1 amide bonds. The van der Waals surface area contributed by atoms with Crippen molar-refractivity contribution in [3.8, 4) is 22.9 Å². The Labute approximate surface area is 117 Å². The van der Waals surface area contributed by atoms with Gasteiger partial charge in [0.05, 0.1) is 5.56 Å². The van der Waals surface area contributed by atoms with Gasteiger partial charge in [0.1, 0.15) is 11.8 Å². The van der Waals surface area contributed by atoms with Gasteiger partial charge in [-0.05, 0) is 35.4 Å². The molecule has 0 saturated carbocycles. The summed E-state index contributed by atoms with van der Waals surface area (Å²) in [6.45, 7) is 0. The average Bonchev–Trinajstić information content (AvgIpc) is 2.46. The molecule has 20 heavy (non-hydrogen) atoms. The maximum atomic E-state index is 11.8. The highest BCUT2D eigenvalue weighted by molar-refractivity contribution is 5.94. The molecule has 0 spiro atoms. The second kappa shape index (κ2) is 5.45. The van der Waals surface area contributed by atoms with Crippen LogP contribution in [0.1, 0.15) is 15.9 Å². The topological polar surface area (TPSA) is 64.3 Å². The van der Waals surface area contributed by atoms with Crippen molar-refractivity contribution in [1.82, 2.24) is 4.90 Å². The number of phenolic OH excluding ortho intramolecular Hbond substituents is 1. The van der Waals surface area contributed by atoms with Gasteiger partial charge in [-0.25, -0.2) is 0 Å². The van der Waals surface area contributed by atoms with Crippen molar-refractivity contribution >= 4 is 5.91 Å². The van der Waals surface area contributed by atoms with Crippen molar-refractivity contribution in [3.63, 3.8) is 0 Å². The van der Waals surface area contributed by atoms with Gasteiger partial charge in [-0.1, -0.05) is 18.2 Å². The molecular weight excluding hydrogens is 252 g/mol. The summed E-state index contributed by atoms with van der Waals surface area (Å²) in [5.41, 5.74) is 2.52. The summed E-state index contributed by atoms with van der Waals surface area (Å²) >= 11 is 0. The van der Waals surface area contributed by atoms with Gasteiger partial charge >= 0.3 is 0 Å². The molecule has 0 heterocycles. The molecule has 0 radical (unpaired) electrons. The predicted molar refractivity (Wildman–Crippen MR) is 76.3 cm³/mol. The lowest BCUT2D eigenvalue weighted by atomic mass is 10.0. The fourth-order valence-corrected chi connectivity index (χ4v) is 1.87. The molecule has 0 bridgehead atoms. The molecule has 2 aromatic carbocycles. The van der Waals surface area contributed by atoms with E-state index in [-0.39, 0.29) is 17.2 Å². The normalized spacial score (nSPS) is 9.85. The number of aromatic hydroxyl groups is 1. The van der Waals surface area contributed by atoms with Gasteiger partial charge in [0.15, 0.2) is 0 Å². The van der Waals surface area contributed by atoms with Crippen molar-refractivity contribution in [2.75, 3.05) is 14.1 Å². The molecule has 4 heteroatoms. The molecule has 0 saturated heterocycles. The largest absolute Gasteiger partial charge is 0.507 e. The summed E-state index contributed by atoms with van der Waals surface area (Å²) in [6.07, 6.45) is 0. The third kappa shape index (κ3) is 2.62. The Morgan fingerprint density at radius 2 is 1.70 bits per heavy atom. The maximum Gasteiger partial charge on any atom is 0.253 e. The number of nitrogens with zero attached hydrogens (tertiary/aromatic N) is 2. The van der Waals surface area contributed by atoms with Crippen molar-refractivity contribution in [1.29, 1.82) is 5.26 Å². The van der Waals surface area contributed by atoms with Crippen LogP contribution < -0.4 is 0 Å². The minimum absolute atomic E-state index is 0.0431. The number of rotatable bonds is 2. The summed E-state index contributed by atoms with van der Waals surface area (Å²) in [6, 6.07) is 13.9. The van der Waals surface area contributed by atoms with E-state index in [9.17, 15) is 9.90 Å². The van der Waals surface area contributed by atoms with E-state index >= 15 is 0 Å². The second-order valence-corrected chi connectivity index (χ2v) is 4.62. The van der Waals surface area contributed by atoms with Crippen LogP contribution in [0.4, 0.5) is 0 Å². The van der Waals surface area contributed by atoms with E-state index in [1.54, 1.807) is 44.4 Å². The minimum Gasteiger partial charge on any atom is -0.507 e. The van der Waals surface area contributed by atoms with Crippen molar-refractivity contribution in [2.45, 2.75) is 0 Å². The number of hydrogen-bond acceptors (Lipinski definition) is 3. The molecule has 0 unspecified atom stereocenters. The van der Waals surface area contributed by atoms with E-state index < -0.39 is 0 Å². The molecule has 1 N–H and O–H groups in total. The van der Waals surface area contributed by atoms with Gasteiger partial charge in [-0.3, -0.25) is 4.79 Å². The summed E-state index contributed by atoms with van der Waals surface area (Å²) in [5, 5.41) is 18.5. The standard InChI is InChI=1S/C16H14N2O2/c1-18(2)16(20)12-5-3-11(4-6-12)13-7-8-14(10-17)15(19)9-13/h3-9,19H,1-2H3. The average molecular weight is 266 g/mol. The Morgan fingerprint density at radius 1 is 1.10 bits per heavy atom. The lowest BCUT2D eigenvalue weighted by molar-refractivity contribution is 0.0827. The first kappa shape index (κ1) is 13.6. The third-order valence-electron chi connectivity index (χ3n) is 2.99. The molecule has 0 aliphatic rings. The summed E-state index contributed by atoms with van der Waals surface area (Å²) in [4.78, 5) is 13.3. The number of benzene rings is 2. The van der Waals surface area contributed by atoms with Crippen molar-refractivity contribution < 1.29 is 9.90 Å². The molecule has 0 aromatic heterocycles. The zero-order valence-electron chi connectivity index (χ0n) is 11.3. The quantitative estimate of drug-likeness (QED) is 0.908. The minimum atomic E-state index is -0.0563. The smallest absolute Gasteiger partial charge is 0.253 e.